The average molecular weight is 266 g/mol. The van der Waals surface area contributed by atoms with Crippen LogP contribution in [-0.2, 0) is 5.41 Å². The molecule has 0 aliphatic carbocycles. The Bertz CT molecular complexity index is 455. The van der Waals surface area contributed by atoms with Gasteiger partial charge in [0, 0.05) is 17.3 Å². The molecule has 0 spiro atoms. The van der Waals surface area contributed by atoms with Crippen molar-refractivity contribution in [3.63, 3.8) is 0 Å². The van der Waals surface area contributed by atoms with Gasteiger partial charge in [0.15, 0.2) is 0 Å². The summed E-state index contributed by atoms with van der Waals surface area (Å²) >= 11 is 1.26. The second-order valence-electron chi connectivity index (χ2n) is 6.51. The minimum absolute atomic E-state index is 0.0292. The van der Waals surface area contributed by atoms with Gasteiger partial charge in [0.05, 0.1) is 10.6 Å². The molecule has 0 amide bonds. The minimum Gasteiger partial charge on any atom is -0.386 e. The van der Waals surface area contributed by atoms with Gasteiger partial charge in [-0.1, -0.05) is 37.1 Å². The van der Waals surface area contributed by atoms with Crippen LogP contribution < -0.4 is 0 Å². The minimum atomic E-state index is -0.589. The van der Waals surface area contributed by atoms with E-state index in [0.29, 0.717) is 6.42 Å². The lowest BCUT2D eigenvalue weighted by atomic mass is 9.90. The first-order valence-corrected chi connectivity index (χ1v) is 6.89. The summed E-state index contributed by atoms with van der Waals surface area (Å²) in [6, 6.07) is 0. The number of aliphatic hydroxyl groups is 1. The van der Waals surface area contributed by atoms with Gasteiger partial charge >= 0.3 is 0 Å². The molecular weight excluding hydrogens is 244 g/mol. The van der Waals surface area contributed by atoms with Gasteiger partial charge in [-0.05, 0) is 32.3 Å². The van der Waals surface area contributed by atoms with E-state index in [1.54, 1.807) is 0 Å². The summed E-state index contributed by atoms with van der Waals surface area (Å²) in [6.45, 7) is 12.4. The Balaban J connectivity index is 2.82. The molecule has 100 valence electrons. The van der Waals surface area contributed by atoms with Crippen LogP contribution in [-0.4, -0.2) is 14.7 Å². The highest BCUT2D eigenvalue weighted by Crippen LogP contribution is 2.31. The smallest absolute Gasteiger partial charge is 0.103 e. The largest absolute Gasteiger partial charge is 0.386 e. The van der Waals surface area contributed by atoms with E-state index >= 15 is 0 Å². The van der Waals surface area contributed by atoms with Crippen LogP contribution >= 0.6 is 11.5 Å². The zero-order chi connectivity index (χ0) is 14.0. The van der Waals surface area contributed by atoms with Crippen molar-refractivity contribution >= 4 is 11.5 Å². The van der Waals surface area contributed by atoms with Gasteiger partial charge in [-0.15, -0.1) is 5.10 Å². The normalized spacial score (nSPS) is 13.9. The molecule has 4 heteroatoms. The molecule has 0 radical (unpaired) electrons. The zero-order valence-electron chi connectivity index (χ0n) is 12.0. The molecule has 0 saturated carbocycles. The Kier molecular flexibility index (Phi) is 4.52. The highest BCUT2D eigenvalue weighted by atomic mass is 32.1. The van der Waals surface area contributed by atoms with Crippen LogP contribution in [0, 0.1) is 17.3 Å². The van der Waals surface area contributed by atoms with Gasteiger partial charge in [-0.25, -0.2) is 0 Å². The summed E-state index contributed by atoms with van der Waals surface area (Å²) in [5.41, 5.74) is 0.747. The SMILES string of the molecule is CC(C)(C)C#CCC(O)c1snnc1C(C)(C)C. The molecule has 18 heavy (non-hydrogen) atoms. The number of hydrogen-bond donors (Lipinski definition) is 1. The van der Waals surface area contributed by atoms with Crippen LogP contribution in [0.5, 0.6) is 0 Å². The molecule has 0 saturated heterocycles. The lowest BCUT2D eigenvalue weighted by molar-refractivity contribution is 0.185. The molecule has 1 atom stereocenters. The second kappa shape index (κ2) is 5.38. The molecule has 3 nitrogen and oxygen atoms in total. The van der Waals surface area contributed by atoms with Crippen molar-refractivity contribution in [3.05, 3.63) is 10.6 Å². The van der Waals surface area contributed by atoms with Crippen molar-refractivity contribution in [3.8, 4) is 11.8 Å². The van der Waals surface area contributed by atoms with Crippen molar-refractivity contribution < 1.29 is 5.11 Å². The van der Waals surface area contributed by atoms with Crippen molar-refractivity contribution in [2.45, 2.75) is 59.5 Å². The van der Waals surface area contributed by atoms with E-state index in [1.807, 2.05) is 0 Å². The first kappa shape index (κ1) is 15.1. The Morgan fingerprint density at radius 1 is 1.22 bits per heavy atom. The maximum Gasteiger partial charge on any atom is 0.103 e. The number of aromatic nitrogens is 2. The average Bonchev–Trinajstić information content (AvgIpc) is 2.62. The first-order chi connectivity index (χ1) is 8.11. The van der Waals surface area contributed by atoms with Gasteiger partial charge in [-0.3, -0.25) is 0 Å². The van der Waals surface area contributed by atoms with Crippen molar-refractivity contribution in [1.82, 2.24) is 9.59 Å². The molecule has 1 unspecified atom stereocenters. The van der Waals surface area contributed by atoms with E-state index in [2.05, 4.69) is 63.0 Å². The summed E-state index contributed by atoms with van der Waals surface area (Å²) in [5, 5.41) is 14.3. The maximum absolute atomic E-state index is 10.2. The third kappa shape index (κ3) is 4.40. The standard InChI is InChI=1S/C14H22N2OS/c1-13(2,3)9-7-8-10(17)11-12(14(4,5)6)15-16-18-11/h10,17H,8H2,1-6H3. The quantitative estimate of drug-likeness (QED) is 0.835. The molecule has 1 aromatic heterocycles. The van der Waals surface area contributed by atoms with Crippen LogP contribution in [0.1, 0.15) is 64.6 Å². The third-order valence-corrected chi connectivity index (χ3v) is 3.11. The molecule has 1 rings (SSSR count). The van der Waals surface area contributed by atoms with Crippen LogP contribution in [0.3, 0.4) is 0 Å². The first-order valence-electron chi connectivity index (χ1n) is 6.12. The fourth-order valence-electron chi connectivity index (χ4n) is 1.44. The van der Waals surface area contributed by atoms with Gasteiger partial charge in [-0.2, -0.15) is 0 Å². The maximum atomic E-state index is 10.2. The fraction of sp³-hybridized carbons (Fsp3) is 0.714. The van der Waals surface area contributed by atoms with Crippen molar-refractivity contribution in [1.29, 1.82) is 0 Å². The summed E-state index contributed by atoms with van der Waals surface area (Å²) < 4.78 is 3.95. The summed E-state index contributed by atoms with van der Waals surface area (Å²) in [4.78, 5) is 0.839. The number of rotatable bonds is 2. The van der Waals surface area contributed by atoms with Crippen molar-refractivity contribution in [2.75, 3.05) is 0 Å². The summed E-state index contributed by atoms with van der Waals surface area (Å²) in [7, 11) is 0. The lowest BCUT2D eigenvalue weighted by Crippen LogP contribution is -2.15. The van der Waals surface area contributed by atoms with Crippen LogP contribution in [0.15, 0.2) is 0 Å². The fourth-order valence-corrected chi connectivity index (χ4v) is 2.29. The monoisotopic (exact) mass is 266 g/mol. The van der Waals surface area contributed by atoms with E-state index < -0.39 is 6.10 Å². The summed E-state index contributed by atoms with van der Waals surface area (Å²) in [5.74, 6) is 6.17. The summed E-state index contributed by atoms with van der Waals surface area (Å²) in [6.07, 6.45) is -0.154. The Hall–Kier alpha value is -0.920. The van der Waals surface area contributed by atoms with E-state index in [-0.39, 0.29) is 10.8 Å². The molecule has 0 aliphatic heterocycles. The highest BCUT2D eigenvalue weighted by molar-refractivity contribution is 7.05. The Morgan fingerprint density at radius 3 is 2.33 bits per heavy atom. The molecule has 1 heterocycles. The molecule has 1 aromatic rings. The van der Waals surface area contributed by atoms with E-state index in [1.165, 1.54) is 11.5 Å². The highest BCUT2D eigenvalue weighted by Gasteiger charge is 2.25. The van der Waals surface area contributed by atoms with Crippen LogP contribution in [0.4, 0.5) is 0 Å². The van der Waals surface area contributed by atoms with Crippen molar-refractivity contribution in [2.24, 2.45) is 5.41 Å². The van der Waals surface area contributed by atoms with Gasteiger partial charge < -0.3 is 5.11 Å². The lowest BCUT2D eigenvalue weighted by Gasteiger charge is -2.18. The molecular formula is C14H22N2OS. The van der Waals surface area contributed by atoms with E-state index in [4.69, 9.17) is 0 Å². The molecule has 0 aromatic carbocycles. The molecule has 0 bridgehead atoms. The zero-order valence-corrected chi connectivity index (χ0v) is 12.9. The topological polar surface area (TPSA) is 46.0 Å². The molecule has 1 N–H and O–H groups in total. The van der Waals surface area contributed by atoms with E-state index in [0.717, 1.165) is 10.6 Å². The Labute approximate surface area is 114 Å². The second-order valence-corrected chi connectivity index (χ2v) is 7.29. The number of hydrogen-bond acceptors (Lipinski definition) is 4. The van der Waals surface area contributed by atoms with Gasteiger partial charge in [0.2, 0.25) is 0 Å². The van der Waals surface area contributed by atoms with Gasteiger partial charge in [0.25, 0.3) is 0 Å². The Morgan fingerprint density at radius 2 is 1.83 bits per heavy atom. The van der Waals surface area contributed by atoms with E-state index in [9.17, 15) is 5.11 Å². The van der Waals surface area contributed by atoms with Gasteiger partial charge in [0.1, 0.15) is 6.10 Å². The number of nitrogens with zero attached hydrogens (tertiary/aromatic N) is 2. The van der Waals surface area contributed by atoms with Crippen LogP contribution in [0.2, 0.25) is 0 Å². The molecule has 0 fully saturated rings. The van der Waals surface area contributed by atoms with Crippen LogP contribution in [0.25, 0.3) is 0 Å². The molecule has 0 aliphatic rings. The number of aliphatic hydroxyl groups excluding tert-OH is 1. The predicted molar refractivity (Wildman–Crippen MR) is 75.4 cm³/mol. The third-order valence-electron chi connectivity index (χ3n) is 2.29. The predicted octanol–water partition coefficient (Wildman–Crippen LogP) is 3.31.